The molecule has 0 radical (unpaired) electrons. The molecular formula is C14H16FN5O2. The summed E-state index contributed by atoms with van der Waals surface area (Å²) in [6.45, 7) is 2.73. The molecule has 2 N–H and O–H groups in total. The maximum atomic E-state index is 13.3. The molecular weight excluding hydrogens is 289 g/mol. The first kappa shape index (κ1) is 14.5. The zero-order valence-electron chi connectivity index (χ0n) is 12.1. The molecule has 3 rings (SSSR count). The van der Waals surface area contributed by atoms with Crippen molar-refractivity contribution in [3.63, 3.8) is 0 Å². The van der Waals surface area contributed by atoms with E-state index in [9.17, 15) is 9.18 Å². The number of ether oxygens (including phenoxy) is 1. The van der Waals surface area contributed by atoms with Gasteiger partial charge in [-0.2, -0.15) is 0 Å². The summed E-state index contributed by atoms with van der Waals surface area (Å²) in [6.07, 6.45) is 0. The Morgan fingerprint density at radius 2 is 2.09 bits per heavy atom. The van der Waals surface area contributed by atoms with E-state index in [1.54, 1.807) is 4.90 Å². The predicted molar refractivity (Wildman–Crippen MR) is 79.5 cm³/mol. The van der Waals surface area contributed by atoms with E-state index in [0.717, 1.165) is 13.1 Å². The fourth-order valence-corrected chi connectivity index (χ4v) is 2.28. The Bertz CT molecular complexity index is 703. The maximum absolute atomic E-state index is 13.3. The molecule has 2 amide bonds. The van der Waals surface area contributed by atoms with Gasteiger partial charge in [-0.1, -0.05) is 0 Å². The van der Waals surface area contributed by atoms with Crippen LogP contribution in [-0.4, -0.2) is 54.2 Å². The first-order valence-corrected chi connectivity index (χ1v) is 6.95. The number of urea groups is 1. The van der Waals surface area contributed by atoms with Gasteiger partial charge in [0, 0.05) is 32.2 Å². The number of methoxy groups -OCH3 is 1. The normalized spacial score (nSPS) is 14.9. The second-order valence-electron chi connectivity index (χ2n) is 4.88. The quantitative estimate of drug-likeness (QED) is 0.872. The molecule has 2 aromatic rings. The van der Waals surface area contributed by atoms with Gasteiger partial charge in [-0.25, -0.2) is 19.2 Å². The minimum Gasteiger partial charge on any atom is -0.478 e. The van der Waals surface area contributed by atoms with Crippen LogP contribution in [0.3, 0.4) is 0 Å². The average Bonchev–Trinajstić information content (AvgIpc) is 2.55. The van der Waals surface area contributed by atoms with Crippen molar-refractivity contribution in [1.29, 1.82) is 0 Å². The fourth-order valence-electron chi connectivity index (χ4n) is 2.28. The van der Waals surface area contributed by atoms with Gasteiger partial charge in [-0.3, -0.25) is 5.32 Å². The van der Waals surface area contributed by atoms with E-state index in [1.165, 1.54) is 25.3 Å². The monoisotopic (exact) mass is 305 g/mol. The summed E-state index contributed by atoms with van der Waals surface area (Å²) in [4.78, 5) is 22.4. The minimum absolute atomic E-state index is 0.184. The SMILES string of the molecule is COc1nc2ccc(F)cc2nc1NC(=O)N1CCNCC1. The molecule has 1 aromatic carbocycles. The smallest absolute Gasteiger partial charge is 0.323 e. The zero-order valence-corrected chi connectivity index (χ0v) is 12.1. The Balaban J connectivity index is 1.89. The van der Waals surface area contributed by atoms with Crippen LogP contribution in [0.2, 0.25) is 0 Å². The molecule has 0 atom stereocenters. The van der Waals surface area contributed by atoms with Crippen molar-refractivity contribution in [3.8, 4) is 5.88 Å². The van der Waals surface area contributed by atoms with Gasteiger partial charge in [0.25, 0.3) is 5.88 Å². The lowest BCUT2D eigenvalue weighted by Crippen LogP contribution is -2.48. The summed E-state index contributed by atoms with van der Waals surface area (Å²) in [5, 5.41) is 5.85. The van der Waals surface area contributed by atoms with Gasteiger partial charge in [0.2, 0.25) is 0 Å². The first-order chi connectivity index (χ1) is 10.7. The number of hydrogen-bond donors (Lipinski definition) is 2. The van der Waals surface area contributed by atoms with Gasteiger partial charge < -0.3 is 15.0 Å². The molecule has 7 nitrogen and oxygen atoms in total. The number of hydrogen-bond acceptors (Lipinski definition) is 5. The number of amides is 2. The highest BCUT2D eigenvalue weighted by molar-refractivity contribution is 5.91. The molecule has 2 heterocycles. The van der Waals surface area contributed by atoms with E-state index in [1.807, 2.05) is 0 Å². The number of fused-ring (bicyclic) bond motifs is 1. The number of benzene rings is 1. The molecule has 0 bridgehead atoms. The van der Waals surface area contributed by atoms with Crippen molar-refractivity contribution in [2.24, 2.45) is 0 Å². The molecule has 0 spiro atoms. The number of halogens is 1. The molecule has 0 unspecified atom stereocenters. The number of rotatable bonds is 2. The number of carbonyl (C=O) groups excluding carboxylic acids is 1. The molecule has 1 aromatic heterocycles. The highest BCUT2D eigenvalue weighted by Gasteiger charge is 2.19. The first-order valence-electron chi connectivity index (χ1n) is 6.95. The Kier molecular flexibility index (Phi) is 4.01. The summed E-state index contributed by atoms with van der Waals surface area (Å²) in [5.41, 5.74) is 0.856. The number of carbonyl (C=O) groups is 1. The van der Waals surface area contributed by atoms with Crippen LogP contribution >= 0.6 is 0 Å². The molecule has 22 heavy (non-hydrogen) atoms. The number of nitrogens with one attached hydrogen (secondary N) is 2. The van der Waals surface area contributed by atoms with E-state index in [4.69, 9.17) is 4.74 Å². The highest BCUT2D eigenvalue weighted by Crippen LogP contribution is 2.24. The van der Waals surface area contributed by atoms with E-state index < -0.39 is 5.82 Å². The zero-order chi connectivity index (χ0) is 15.5. The lowest BCUT2D eigenvalue weighted by molar-refractivity contribution is 0.203. The topological polar surface area (TPSA) is 79.4 Å². The average molecular weight is 305 g/mol. The Labute approximate surface area is 126 Å². The second-order valence-corrected chi connectivity index (χ2v) is 4.88. The van der Waals surface area contributed by atoms with Crippen molar-refractivity contribution in [3.05, 3.63) is 24.0 Å². The van der Waals surface area contributed by atoms with Gasteiger partial charge in [0.15, 0.2) is 5.82 Å². The van der Waals surface area contributed by atoms with Crippen LogP contribution in [0.4, 0.5) is 15.0 Å². The second kappa shape index (κ2) is 6.10. The molecule has 1 aliphatic heterocycles. The molecule has 1 fully saturated rings. The van der Waals surface area contributed by atoms with E-state index in [0.29, 0.717) is 24.1 Å². The number of nitrogens with zero attached hydrogens (tertiary/aromatic N) is 3. The molecule has 0 aliphatic carbocycles. The lowest BCUT2D eigenvalue weighted by Gasteiger charge is -2.27. The van der Waals surface area contributed by atoms with Crippen molar-refractivity contribution < 1.29 is 13.9 Å². The maximum Gasteiger partial charge on any atom is 0.323 e. The molecule has 1 aliphatic rings. The van der Waals surface area contributed by atoms with Crippen molar-refractivity contribution in [2.75, 3.05) is 38.6 Å². The number of piperazine rings is 1. The standard InChI is InChI=1S/C14H16FN5O2/c1-22-13-12(19-14(21)20-6-4-16-5-7-20)17-11-8-9(15)2-3-10(11)18-13/h2-3,8,16H,4-7H2,1H3,(H,17,19,21). The van der Waals surface area contributed by atoms with Crippen LogP contribution in [0.15, 0.2) is 18.2 Å². The Hall–Kier alpha value is -2.48. The summed E-state index contributed by atoms with van der Waals surface area (Å²) in [7, 11) is 1.44. The van der Waals surface area contributed by atoms with Crippen LogP contribution in [0, 0.1) is 5.82 Å². The van der Waals surface area contributed by atoms with Gasteiger partial charge >= 0.3 is 6.03 Å². The summed E-state index contributed by atoms with van der Waals surface area (Å²) in [5.74, 6) is -0.0296. The van der Waals surface area contributed by atoms with Gasteiger partial charge in [-0.15, -0.1) is 0 Å². The van der Waals surface area contributed by atoms with Crippen LogP contribution in [0.5, 0.6) is 5.88 Å². The largest absolute Gasteiger partial charge is 0.478 e. The molecule has 1 saturated heterocycles. The van der Waals surface area contributed by atoms with E-state index in [-0.39, 0.29) is 17.7 Å². The molecule has 8 heteroatoms. The molecule has 116 valence electrons. The Morgan fingerprint density at radius 1 is 1.32 bits per heavy atom. The van der Waals surface area contributed by atoms with Gasteiger partial charge in [0.1, 0.15) is 5.82 Å². The third-order valence-corrected chi connectivity index (χ3v) is 3.42. The van der Waals surface area contributed by atoms with Gasteiger partial charge in [-0.05, 0) is 12.1 Å². The van der Waals surface area contributed by atoms with Crippen LogP contribution in [-0.2, 0) is 0 Å². The van der Waals surface area contributed by atoms with E-state index >= 15 is 0 Å². The summed E-state index contributed by atoms with van der Waals surface area (Å²) in [6, 6.07) is 3.81. The Morgan fingerprint density at radius 3 is 2.82 bits per heavy atom. The van der Waals surface area contributed by atoms with Crippen molar-refractivity contribution in [2.45, 2.75) is 0 Å². The molecule has 0 saturated carbocycles. The number of aromatic nitrogens is 2. The van der Waals surface area contributed by atoms with Gasteiger partial charge in [0.05, 0.1) is 18.1 Å². The van der Waals surface area contributed by atoms with Crippen molar-refractivity contribution in [1.82, 2.24) is 20.2 Å². The highest BCUT2D eigenvalue weighted by atomic mass is 19.1. The van der Waals surface area contributed by atoms with E-state index in [2.05, 4.69) is 20.6 Å². The van der Waals surface area contributed by atoms with Crippen LogP contribution in [0.25, 0.3) is 11.0 Å². The van der Waals surface area contributed by atoms with Crippen LogP contribution < -0.4 is 15.4 Å². The summed E-state index contributed by atoms with van der Waals surface area (Å²) >= 11 is 0. The van der Waals surface area contributed by atoms with Crippen molar-refractivity contribution >= 4 is 22.9 Å². The predicted octanol–water partition coefficient (Wildman–Crippen LogP) is 1.21. The third-order valence-electron chi connectivity index (χ3n) is 3.42. The lowest BCUT2D eigenvalue weighted by atomic mass is 10.3. The third kappa shape index (κ3) is 2.91. The summed E-state index contributed by atoms with van der Waals surface area (Å²) < 4.78 is 18.5. The minimum atomic E-state index is -0.411. The van der Waals surface area contributed by atoms with Crippen LogP contribution in [0.1, 0.15) is 0 Å². The fraction of sp³-hybridized carbons (Fsp3) is 0.357. The number of anilines is 1.